The van der Waals surface area contributed by atoms with Crippen molar-refractivity contribution in [1.82, 2.24) is 4.90 Å². The van der Waals surface area contributed by atoms with E-state index in [9.17, 15) is 4.79 Å². The summed E-state index contributed by atoms with van der Waals surface area (Å²) in [5, 5.41) is 9.09. The summed E-state index contributed by atoms with van der Waals surface area (Å²) in [5.74, 6) is -1.13. The Morgan fingerprint density at radius 2 is 1.79 bits per heavy atom. The van der Waals surface area contributed by atoms with E-state index in [4.69, 9.17) is 14.6 Å². The van der Waals surface area contributed by atoms with E-state index in [2.05, 4.69) is 25.7 Å². The number of carboxylic acids is 1. The minimum Gasteiger partial charge on any atom is -0.480 e. The first-order valence-electron chi connectivity index (χ1n) is 7.09. The molecule has 5 nitrogen and oxygen atoms in total. The first-order chi connectivity index (χ1) is 8.82. The van der Waals surface area contributed by atoms with Gasteiger partial charge in [-0.05, 0) is 33.6 Å². The van der Waals surface area contributed by atoms with Crippen molar-refractivity contribution in [1.29, 1.82) is 0 Å². The Morgan fingerprint density at radius 3 is 2.21 bits per heavy atom. The lowest BCUT2D eigenvalue weighted by atomic mass is 9.87. The summed E-state index contributed by atoms with van der Waals surface area (Å²) in [6.07, 6.45) is 3.60. The quantitative estimate of drug-likeness (QED) is 0.849. The van der Waals surface area contributed by atoms with Gasteiger partial charge in [-0.15, -0.1) is 0 Å². The molecule has 110 valence electrons. The summed E-state index contributed by atoms with van der Waals surface area (Å²) in [5.41, 5.74) is -0.134. The van der Waals surface area contributed by atoms with Crippen LogP contribution in [-0.2, 0) is 14.3 Å². The molecule has 1 saturated heterocycles. The van der Waals surface area contributed by atoms with Crippen molar-refractivity contribution >= 4 is 5.97 Å². The second kappa shape index (κ2) is 5.38. The van der Waals surface area contributed by atoms with E-state index >= 15 is 0 Å². The van der Waals surface area contributed by atoms with Crippen LogP contribution in [0.4, 0.5) is 0 Å². The average molecular weight is 271 g/mol. The molecule has 1 aliphatic heterocycles. The van der Waals surface area contributed by atoms with Crippen LogP contribution < -0.4 is 0 Å². The fourth-order valence-electron chi connectivity index (χ4n) is 3.20. The van der Waals surface area contributed by atoms with Crippen molar-refractivity contribution in [3.05, 3.63) is 0 Å². The van der Waals surface area contributed by atoms with Gasteiger partial charge >= 0.3 is 5.97 Å². The van der Waals surface area contributed by atoms with Crippen molar-refractivity contribution in [2.75, 3.05) is 19.8 Å². The number of hydrogen-bond donors (Lipinski definition) is 1. The van der Waals surface area contributed by atoms with Crippen LogP contribution in [0.3, 0.4) is 0 Å². The predicted molar refractivity (Wildman–Crippen MR) is 71.0 cm³/mol. The molecule has 2 aliphatic rings. The number of ether oxygens (including phenoxy) is 2. The third kappa shape index (κ3) is 3.46. The van der Waals surface area contributed by atoms with Crippen LogP contribution in [0.2, 0.25) is 0 Å². The summed E-state index contributed by atoms with van der Waals surface area (Å²) >= 11 is 0. The van der Waals surface area contributed by atoms with E-state index in [1.807, 2.05) is 0 Å². The Kier molecular flexibility index (Phi) is 4.18. The minimum absolute atomic E-state index is 0.100. The zero-order valence-corrected chi connectivity index (χ0v) is 12.1. The maximum absolute atomic E-state index is 11.1. The summed E-state index contributed by atoms with van der Waals surface area (Å²) in [6.45, 7) is 7.68. The molecule has 1 N–H and O–H groups in total. The molecule has 2 fully saturated rings. The highest BCUT2D eigenvalue weighted by Gasteiger charge is 2.43. The molecule has 1 heterocycles. The van der Waals surface area contributed by atoms with Crippen LogP contribution in [0.15, 0.2) is 0 Å². The molecule has 5 heteroatoms. The lowest BCUT2D eigenvalue weighted by Gasteiger charge is -2.45. The molecular weight excluding hydrogens is 246 g/mol. The molecule has 0 radical (unpaired) electrons. The smallest absolute Gasteiger partial charge is 0.317 e. The van der Waals surface area contributed by atoms with Gasteiger partial charge in [0.25, 0.3) is 0 Å². The lowest BCUT2D eigenvalue weighted by molar-refractivity contribution is -0.186. The standard InChI is InChI=1S/C14H25NO4/c1-13(2,3)15(10-12(16)17)11-4-6-14(7-5-11)18-8-9-19-14/h11H,4-10H2,1-3H3,(H,16,17). The Bertz CT molecular complexity index is 321. The second-order valence-electron chi connectivity index (χ2n) is 6.53. The maximum Gasteiger partial charge on any atom is 0.317 e. The summed E-state index contributed by atoms with van der Waals surface area (Å²) in [7, 11) is 0. The zero-order valence-electron chi connectivity index (χ0n) is 12.1. The van der Waals surface area contributed by atoms with Gasteiger partial charge in [0.15, 0.2) is 5.79 Å². The van der Waals surface area contributed by atoms with Gasteiger partial charge in [0.1, 0.15) is 0 Å². The monoisotopic (exact) mass is 271 g/mol. The molecule has 1 saturated carbocycles. The molecule has 0 atom stereocenters. The molecular formula is C14H25NO4. The maximum atomic E-state index is 11.1. The van der Waals surface area contributed by atoms with Crippen LogP contribution in [0, 0.1) is 0 Å². The Balaban J connectivity index is 1.98. The summed E-state index contributed by atoms with van der Waals surface area (Å²) in [4.78, 5) is 13.2. The van der Waals surface area contributed by atoms with Gasteiger partial charge in [0, 0.05) is 24.4 Å². The molecule has 19 heavy (non-hydrogen) atoms. The Hall–Kier alpha value is -0.650. The van der Waals surface area contributed by atoms with Crippen LogP contribution in [0.25, 0.3) is 0 Å². The molecule has 0 bridgehead atoms. The number of nitrogens with zero attached hydrogens (tertiary/aromatic N) is 1. The number of hydrogen-bond acceptors (Lipinski definition) is 4. The van der Waals surface area contributed by atoms with Crippen molar-refractivity contribution < 1.29 is 19.4 Å². The van der Waals surface area contributed by atoms with Crippen LogP contribution in [-0.4, -0.2) is 53.1 Å². The van der Waals surface area contributed by atoms with E-state index < -0.39 is 5.97 Å². The highest BCUT2D eigenvalue weighted by Crippen LogP contribution is 2.38. The second-order valence-corrected chi connectivity index (χ2v) is 6.53. The highest BCUT2D eigenvalue weighted by molar-refractivity contribution is 5.69. The van der Waals surface area contributed by atoms with Gasteiger partial charge in [-0.25, -0.2) is 0 Å². The van der Waals surface area contributed by atoms with Crippen molar-refractivity contribution in [3.8, 4) is 0 Å². The van der Waals surface area contributed by atoms with Crippen LogP contribution in [0.5, 0.6) is 0 Å². The normalized spacial score (nSPS) is 24.2. The van der Waals surface area contributed by atoms with Gasteiger partial charge in [-0.3, -0.25) is 9.69 Å². The first kappa shape index (κ1) is 14.8. The SMILES string of the molecule is CC(C)(C)N(CC(=O)O)C1CCC2(CC1)OCCO2. The van der Waals surface area contributed by atoms with Crippen molar-refractivity contribution in [2.24, 2.45) is 0 Å². The van der Waals surface area contributed by atoms with Gasteiger partial charge in [0.2, 0.25) is 0 Å². The van der Waals surface area contributed by atoms with Gasteiger partial charge in [-0.2, -0.15) is 0 Å². The van der Waals surface area contributed by atoms with Gasteiger partial charge in [-0.1, -0.05) is 0 Å². The minimum atomic E-state index is -0.761. The van der Waals surface area contributed by atoms with E-state index in [0.717, 1.165) is 25.7 Å². The van der Waals surface area contributed by atoms with E-state index in [1.165, 1.54) is 0 Å². The largest absolute Gasteiger partial charge is 0.480 e. The van der Waals surface area contributed by atoms with Crippen molar-refractivity contribution in [3.63, 3.8) is 0 Å². The fourth-order valence-corrected chi connectivity index (χ4v) is 3.20. The van der Waals surface area contributed by atoms with E-state index in [1.54, 1.807) is 0 Å². The van der Waals surface area contributed by atoms with Gasteiger partial charge < -0.3 is 14.6 Å². The van der Waals surface area contributed by atoms with Crippen molar-refractivity contribution in [2.45, 2.75) is 63.8 Å². The third-order valence-electron chi connectivity index (χ3n) is 4.14. The number of aliphatic carboxylic acids is 1. The summed E-state index contributed by atoms with van der Waals surface area (Å²) < 4.78 is 11.4. The fraction of sp³-hybridized carbons (Fsp3) is 0.929. The molecule has 0 amide bonds. The lowest BCUT2D eigenvalue weighted by Crippen LogP contribution is -2.53. The van der Waals surface area contributed by atoms with Gasteiger partial charge in [0.05, 0.1) is 19.8 Å². The molecule has 1 spiro atoms. The summed E-state index contributed by atoms with van der Waals surface area (Å²) in [6, 6.07) is 0.300. The van der Waals surface area contributed by atoms with E-state index in [-0.39, 0.29) is 17.9 Å². The highest BCUT2D eigenvalue weighted by atomic mass is 16.7. The molecule has 0 aromatic rings. The molecule has 0 aromatic carbocycles. The van der Waals surface area contributed by atoms with E-state index in [0.29, 0.717) is 19.3 Å². The topological polar surface area (TPSA) is 59.0 Å². The number of carboxylic acid groups (broad SMARTS) is 1. The number of rotatable bonds is 3. The zero-order chi connectivity index (χ0) is 14.1. The third-order valence-corrected chi connectivity index (χ3v) is 4.14. The average Bonchev–Trinajstić information content (AvgIpc) is 2.74. The predicted octanol–water partition coefficient (Wildman–Crippen LogP) is 1.86. The van der Waals surface area contributed by atoms with Crippen LogP contribution >= 0.6 is 0 Å². The molecule has 1 aliphatic carbocycles. The molecule has 0 aromatic heterocycles. The molecule has 0 unspecified atom stereocenters. The number of carbonyl (C=O) groups is 1. The Labute approximate surface area is 114 Å². The Morgan fingerprint density at radius 1 is 1.26 bits per heavy atom. The van der Waals surface area contributed by atoms with Crippen LogP contribution in [0.1, 0.15) is 46.5 Å². The molecule has 2 rings (SSSR count). The first-order valence-corrected chi connectivity index (χ1v) is 7.09.